The Bertz CT molecular complexity index is 328. The van der Waals surface area contributed by atoms with Crippen LogP contribution in [0.5, 0.6) is 0 Å². The van der Waals surface area contributed by atoms with E-state index >= 15 is 0 Å². The first-order valence-electron chi connectivity index (χ1n) is 5.43. The monoisotopic (exact) mass is 323 g/mol. The summed E-state index contributed by atoms with van der Waals surface area (Å²) < 4.78 is 18.8. The summed E-state index contributed by atoms with van der Waals surface area (Å²) in [6, 6.07) is 8.54. The number of ether oxygens (including phenoxy) is 1. The summed E-state index contributed by atoms with van der Waals surface area (Å²) in [6.07, 6.45) is 0.660. The molecule has 0 bridgehead atoms. The number of rotatable bonds is 3. The Hall–Kier alpha value is -0.160. The maximum absolute atomic E-state index is 12.3. The summed E-state index contributed by atoms with van der Waals surface area (Å²) in [5.41, 5.74) is 1.27. The zero-order chi connectivity index (χ0) is 11.4. The zero-order valence-corrected chi connectivity index (χ0v) is 11.8. The summed E-state index contributed by atoms with van der Waals surface area (Å²) in [6.45, 7) is 0.792. The summed E-state index contributed by atoms with van der Waals surface area (Å²) in [7, 11) is 0. The molecule has 1 aromatic carbocycles. The number of benzene rings is 1. The molecule has 1 aliphatic rings. The average molecular weight is 325 g/mol. The van der Waals surface area contributed by atoms with E-state index in [4.69, 9.17) is 4.74 Å². The smallest absolute Gasteiger partial charge is 0.117 e. The van der Waals surface area contributed by atoms with Gasteiger partial charge in [0.05, 0.1) is 12.7 Å². The average Bonchev–Trinajstić information content (AvgIpc) is 2.33. The summed E-state index contributed by atoms with van der Waals surface area (Å²) in [5, 5.41) is 3.31. The van der Waals surface area contributed by atoms with Crippen LogP contribution in [0.2, 0.25) is 0 Å². The first-order valence-corrected chi connectivity index (χ1v) is 6.22. The summed E-state index contributed by atoms with van der Waals surface area (Å²) in [5.74, 6) is 0. The van der Waals surface area contributed by atoms with Gasteiger partial charge in [0.25, 0.3) is 0 Å². The predicted molar refractivity (Wildman–Crippen MR) is 72.6 cm³/mol. The van der Waals surface area contributed by atoms with Crippen LogP contribution in [0.3, 0.4) is 0 Å². The molecule has 1 fully saturated rings. The third-order valence-corrected chi connectivity index (χ3v) is 3.26. The first kappa shape index (κ1) is 14.9. The largest absolute Gasteiger partial charge is 0.373 e. The Morgan fingerprint density at radius 3 is 2.59 bits per heavy atom. The topological polar surface area (TPSA) is 21.3 Å². The third kappa shape index (κ3) is 4.54. The first-order chi connectivity index (χ1) is 7.78. The van der Waals surface area contributed by atoms with E-state index in [-0.39, 0.29) is 18.5 Å². The molecule has 0 aliphatic carbocycles. The van der Waals surface area contributed by atoms with Gasteiger partial charge in [-0.3, -0.25) is 0 Å². The molecule has 0 spiro atoms. The molecule has 0 amide bonds. The van der Waals surface area contributed by atoms with Crippen molar-refractivity contribution < 1.29 is 9.13 Å². The minimum atomic E-state index is -0.405. The van der Waals surface area contributed by atoms with Gasteiger partial charge in [0, 0.05) is 17.1 Å². The lowest BCUT2D eigenvalue weighted by molar-refractivity contribution is -0.00818. The van der Waals surface area contributed by atoms with E-state index in [1.807, 2.05) is 12.1 Å². The lowest BCUT2D eigenvalue weighted by Crippen LogP contribution is -2.48. The van der Waals surface area contributed by atoms with Crippen LogP contribution in [-0.2, 0) is 11.2 Å². The van der Waals surface area contributed by atoms with Gasteiger partial charge in [-0.25, -0.2) is 4.39 Å². The molecule has 1 heterocycles. The highest BCUT2D eigenvalue weighted by Gasteiger charge is 2.20. The van der Waals surface area contributed by atoms with Crippen LogP contribution in [-0.4, -0.2) is 32.0 Å². The molecule has 0 unspecified atom stereocenters. The van der Waals surface area contributed by atoms with Gasteiger partial charge >= 0.3 is 0 Å². The summed E-state index contributed by atoms with van der Waals surface area (Å²) >= 11 is 3.41. The highest BCUT2D eigenvalue weighted by molar-refractivity contribution is 9.10. The maximum atomic E-state index is 12.3. The molecule has 1 aromatic rings. The molecule has 2 nitrogen and oxygen atoms in total. The number of morpholine rings is 1. The van der Waals surface area contributed by atoms with Crippen molar-refractivity contribution in [1.29, 1.82) is 0 Å². The number of nitrogens with one attached hydrogen (secondary N) is 1. The molecule has 1 N–H and O–H groups in total. The van der Waals surface area contributed by atoms with Crippen molar-refractivity contribution in [3.8, 4) is 0 Å². The fraction of sp³-hybridized carbons (Fsp3) is 0.500. The van der Waals surface area contributed by atoms with E-state index in [2.05, 4.69) is 33.4 Å². The molecular weight excluding hydrogens is 308 g/mol. The van der Waals surface area contributed by atoms with E-state index in [1.165, 1.54) is 5.56 Å². The minimum Gasteiger partial charge on any atom is -0.373 e. The molecule has 1 aliphatic heterocycles. The molecular formula is C12H16BrClFNO. The van der Waals surface area contributed by atoms with Gasteiger partial charge in [0.2, 0.25) is 0 Å². The van der Waals surface area contributed by atoms with Gasteiger partial charge in [0.1, 0.15) is 6.67 Å². The fourth-order valence-corrected chi connectivity index (χ4v) is 2.07. The Morgan fingerprint density at radius 2 is 2.06 bits per heavy atom. The molecule has 0 radical (unpaired) electrons. The third-order valence-electron chi connectivity index (χ3n) is 2.73. The Balaban J connectivity index is 0.00000144. The van der Waals surface area contributed by atoms with Crippen LogP contribution in [0.15, 0.2) is 28.7 Å². The van der Waals surface area contributed by atoms with Crippen molar-refractivity contribution in [1.82, 2.24) is 5.32 Å². The number of hydrogen-bond acceptors (Lipinski definition) is 2. The Kier molecular flexibility index (Phi) is 6.41. The Morgan fingerprint density at radius 1 is 1.35 bits per heavy atom. The maximum Gasteiger partial charge on any atom is 0.117 e. The zero-order valence-electron chi connectivity index (χ0n) is 9.36. The predicted octanol–water partition coefficient (Wildman–Crippen LogP) is 2.74. The van der Waals surface area contributed by atoms with Crippen LogP contribution in [0, 0.1) is 0 Å². The van der Waals surface area contributed by atoms with Crippen LogP contribution in [0.1, 0.15) is 5.56 Å². The van der Waals surface area contributed by atoms with E-state index in [0.717, 1.165) is 10.9 Å². The van der Waals surface area contributed by atoms with Crippen molar-refractivity contribution in [2.75, 3.05) is 19.8 Å². The molecule has 17 heavy (non-hydrogen) atoms. The van der Waals surface area contributed by atoms with Gasteiger partial charge in [-0.15, -0.1) is 12.4 Å². The van der Waals surface area contributed by atoms with Gasteiger partial charge < -0.3 is 10.1 Å². The van der Waals surface area contributed by atoms with E-state index in [9.17, 15) is 4.39 Å². The van der Waals surface area contributed by atoms with Gasteiger partial charge in [-0.05, 0) is 24.1 Å². The standard InChI is InChI=1S/C12H15BrFNO.ClH/c13-10-3-1-9(2-4-10)5-11-8-16-12(6-14)7-15-11;/h1-4,11-12,15H,5-8H2;1H/t11-,12-;/m0./s1. The second-order valence-electron chi connectivity index (χ2n) is 4.05. The van der Waals surface area contributed by atoms with Crippen molar-refractivity contribution in [3.63, 3.8) is 0 Å². The van der Waals surface area contributed by atoms with Gasteiger partial charge in [-0.2, -0.15) is 0 Å². The Labute approximate surface area is 115 Å². The molecule has 0 saturated carbocycles. The van der Waals surface area contributed by atoms with Crippen LogP contribution >= 0.6 is 28.3 Å². The number of hydrogen-bond donors (Lipinski definition) is 1. The van der Waals surface area contributed by atoms with Crippen LogP contribution in [0.4, 0.5) is 4.39 Å². The van der Waals surface area contributed by atoms with E-state index in [0.29, 0.717) is 19.2 Å². The van der Waals surface area contributed by atoms with Crippen molar-refractivity contribution in [2.45, 2.75) is 18.6 Å². The fourth-order valence-electron chi connectivity index (χ4n) is 1.80. The molecule has 1 saturated heterocycles. The molecule has 2 atom stereocenters. The highest BCUT2D eigenvalue weighted by atomic mass is 79.9. The quantitative estimate of drug-likeness (QED) is 0.923. The second kappa shape index (κ2) is 7.31. The van der Waals surface area contributed by atoms with Crippen molar-refractivity contribution in [2.24, 2.45) is 0 Å². The van der Waals surface area contributed by atoms with E-state index in [1.54, 1.807) is 0 Å². The SMILES string of the molecule is Cl.FC[C@H]1CN[C@@H](Cc2ccc(Br)cc2)CO1. The van der Waals surface area contributed by atoms with Crippen LogP contribution in [0.25, 0.3) is 0 Å². The molecule has 96 valence electrons. The summed E-state index contributed by atoms with van der Waals surface area (Å²) in [4.78, 5) is 0. The second-order valence-corrected chi connectivity index (χ2v) is 4.96. The van der Waals surface area contributed by atoms with Crippen molar-refractivity contribution in [3.05, 3.63) is 34.3 Å². The van der Waals surface area contributed by atoms with Gasteiger partial charge in [0.15, 0.2) is 0 Å². The van der Waals surface area contributed by atoms with Crippen molar-refractivity contribution >= 4 is 28.3 Å². The van der Waals surface area contributed by atoms with Crippen LogP contribution < -0.4 is 5.32 Å². The molecule has 0 aromatic heterocycles. The van der Waals surface area contributed by atoms with E-state index < -0.39 is 6.67 Å². The highest BCUT2D eigenvalue weighted by Crippen LogP contribution is 2.13. The number of alkyl halides is 1. The lowest BCUT2D eigenvalue weighted by atomic mass is 10.1. The lowest BCUT2D eigenvalue weighted by Gasteiger charge is -2.29. The molecule has 5 heteroatoms. The number of halogens is 3. The minimum absolute atomic E-state index is 0. The normalized spacial score (nSPS) is 24.1. The van der Waals surface area contributed by atoms with Gasteiger partial charge in [-0.1, -0.05) is 28.1 Å². The molecule has 2 rings (SSSR count).